The summed E-state index contributed by atoms with van der Waals surface area (Å²) < 4.78 is 6.02. The molecule has 0 aliphatic heterocycles. The van der Waals surface area contributed by atoms with Crippen molar-refractivity contribution in [3.8, 4) is 0 Å². The van der Waals surface area contributed by atoms with Crippen molar-refractivity contribution in [2.45, 2.75) is 323 Å². The molecule has 0 aromatic carbocycles. The third kappa shape index (κ3) is 74.0. The fourth-order valence-electron chi connectivity index (χ4n) is 5.14. The van der Waals surface area contributed by atoms with Gasteiger partial charge in [-0.1, -0.05) is 297 Å². The molecular weight excluding hydrogens is 1210 g/mol. The average molecular weight is 1370 g/mol. The highest BCUT2D eigenvalue weighted by molar-refractivity contribution is 5.19. The summed E-state index contributed by atoms with van der Waals surface area (Å²) in [5, 5.41) is 4.15. The average Bonchev–Trinajstić information content (AvgIpc) is 0.870. The Labute approximate surface area is 602 Å². The minimum Gasteiger partial charge on any atom is -0.318 e. The van der Waals surface area contributed by atoms with E-state index in [4.69, 9.17) is 0 Å². The molecule has 6 heterocycles. The molecular formula is C83H153N11O4. The fourth-order valence-corrected chi connectivity index (χ4v) is 5.14. The van der Waals surface area contributed by atoms with Crippen LogP contribution in [0.3, 0.4) is 0 Å². The van der Waals surface area contributed by atoms with Gasteiger partial charge in [0.05, 0.1) is 17.6 Å². The SMILES string of the molecule is CC(C)(C)C.CC(C)(C)C.CC(C)(C)C.CC(C)(C)C.CC(C)(C)C.CC(C)(C)C.CC(C)(C)c1ccncn1.CC(C)(C)c1ncccn1.Cn1cc(C(C)(C)C)ccc1=O.Cn1cc(C(C)(C)C)cnc1=O.Cn1cc(C(C)(C)C)ncc1=O.Cn1nc(C(C)(C)C)ccc1=O. The molecule has 0 fully saturated rings. The Morgan fingerprint density at radius 1 is 0.286 bits per heavy atom. The molecule has 0 N–H and O–H groups in total. The van der Waals surface area contributed by atoms with Crippen LogP contribution in [0.15, 0.2) is 111 Å². The van der Waals surface area contributed by atoms with Crippen LogP contribution in [0.4, 0.5) is 0 Å². The summed E-state index contributed by atoms with van der Waals surface area (Å²) in [5.74, 6) is 0.898. The third-order valence-corrected chi connectivity index (χ3v) is 9.83. The van der Waals surface area contributed by atoms with Gasteiger partial charge in [0.2, 0.25) is 5.56 Å². The molecule has 0 aliphatic rings. The molecule has 6 rings (SSSR count). The molecule has 6 aromatic rings. The molecule has 0 saturated carbocycles. The quantitative estimate of drug-likeness (QED) is 0.141. The van der Waals surface area contributed by atoms with Gasteiger partial charge in [0, 0.05) is 111 Å². The highest BCUT2D eigenvalue weighted by Gasteiger charge is 2.19. The molecule has 15 heteroatoms. The Balaban J connectivity index is -0.000000240. The van der Waals surface area contributed by atoms with Crippen LogP contribution < -0.4 is 22.4 Å². The van der Waals surface area contributed by atoms with Crippen LogP contribution >= 0.6 is 0 Å². The Morgan fingerprint density at radius 2 is 0.633 bits per heavy atom. The highest BCUT2D eigenvalue weighted by atomic mass is 16.1. The van der Waals surface area contributed by atoms with Crippen LogP contribution in [-0.4, -0.2) is 53.4 Å². The summed E-state index contributed by atoms with van der Waals surface area (Å²) in [5.41, 5.74) is 8.31. The second-order valence-electron chi connectivity index (χ2n) is 40.7. The van der Waals surface area contributed by atoms with Gasteiger partial charge in [0.15, 0.2) is 0 Å². The van der Waals surface area contributed by atoms with Gasteiger partial charge in [-0.3, -0.25) is 19.4 Å². The smallest absolute Gasteiger partial charge is 0.318 e. The summed E-state index contributed by atoms with van der Waals surface area (Å²) in [6, 6.07) is 10.6. The van der Waals surface area contributed by atoms with E-state index < -0.39 is 0 Å². The van der Waals surface area contributed by atoms with Crippen molar-refractivity contribution in [3.05, 3.63) is 168 Å². The second kappa shape index (κ2) is 43.4. The Morgan fingerprint density at radius 3 is 0.898 bits per heavy atom. The molecule has 564 valence electrons. The molecule has 0 amide bonds. The Kier molecular flexibility index (Phi) is 45.5. The van der Waals surface area contributed by atoms with Crippen molar-refractivity contribution >= 4 is 0 Å². The summed E-state index contributed by atoms with van der Waals surface area (Å²) in [7, 11) is 6.89. The maximum Gasteiger partial charge on any atom is 0.347 e. The normalized spacial score (nSPS) is 11.7. The first kappa shape index (κ1) is 103. The van der Waals surface area contributed by atoms with E-state index in [0.717, 1.165) is 28.5 Å². The van der Waals surface area contributed by atoms with Gasteiger partial charge in [0.1, 0.15) is 12.2 Å². The van der Waals surface area contributed by atoms with E-state index in [2.05, 4.69) is 326 Å². The lowest BCUT2D eigenvalue weighted by molar-refractivity contribution is 0.469. The first-order valence-corrected chi connectivity index (χ1v) is 34.7. The molecule has 0 saturated heterocycles. The van der Waals surface area contributed by atoms with Crippen molar-refractivity contribution in [1.82, 2.24) is 53.4 Å². The maximum absolute atomic E-state index is 11.1. The van der Waals surface area contributed by atoms with E-state index in [9.17, 15) is 19.2 Å². The number of rotatable bonds is 0. The molecule has 15 nitrogen and oxygen atoms in total. The summed E-state index contributed by atoms with van der Waals surface area (Å²) >= 11 is 0. The van der Waals surface area contributed by atoms with E-state index in [-0.39, 0.29) is 54.9 Å². The van der Waals surface area contributed by atoms with E-state index in [0.29, 0.717) is 32.5 Å². The van der Waals surface area contributed by atoms with Crippen LogP contribution in [0.2, 0.25) is 0 Å². The van der Waals surface area contributed by atoms with E-state index in [1.807, 2.05) is 30.6 Å². The van der Waals surface area contributed by atoms with Crippen LogP contribution in [0.5, 0.6) is 0 Å². The monoisotopic (exact) mass is 1370 g/mol. The maximum atomic E-state index is 11.1. The van der Waals surface area contributed by atoms with Crippen LogP contribution in [0, 0.1) is 32.5 Å². The standard InChI is InChI=1S/C10H15NO.3C9H14N2O.2C8H12N2.6C5H12/c1-10(2,3)8-5-6-9(12)11(4)7-8;1-9(2,3)7-6-11(4)8(12)5-10-7;1-9(2,3)7-5-10-8(12)11(4)6-7;1-9(2,3)7-5-6-8(12)11(4)10-7;1-8(2,3)7-4-5-9-6-10-7;1-8(2,3)7-9-5-4-6-10-7;6*1-5(2,3)4/h5-7H,1-4H3;3*5-6H,1-4H3;2*4-6H,1-3H3;6*1-4H3. The molecule has 0 radical (unpaired) electrons. The lowest BCUT2D eigenvalue weighted by atomic mass is 9.88. The fraction of sp³-hybridized carbons (Fsp3) is 0.699. The van der Waals surface area contributed by atoms with Gasteiger partial charge in [-0.25, -0.2) is 34.4 Å². The highest BCUT2D eigenvalue weighted by Crippen LogP contribution is 2.23. The number of aryl methyl sites for hydroxylation is 4. The minimum absolute atomic E-state index is 0.00542. The zero-order valence-electron chi connectivity index (χ0n) is 72.2. The number of pyridine rings is 1. The second-order valence-corrected chi connectivity index (χ2v) is 40.7. The van der Waals surface area contributed by atoms with E-state index in [1.165, 1.54) is 21.0 Å². The molecule has 0 bridgehead atoms. The van der Waals surface area contributed by atoms with Crippen molar-refractivity contribution in [1.29, 1.82) is 0 Å². The summed E-state index contributed by atoms with van der Waals surface area (Å²) in [4.78, 5) is 68.1. The molecule has 0 unspecified atom stereocenters. The molecule has 6 aromatic heterocycles. The van der Waals surface area contributed by atoms with Gasteiger partial charge in [-0.05, 0) is 72.6 Å². The number of hydrogen-bond donors (Lipinski definition) is 0. The van der Waals surface area contributed by atoms with Gasteiger partial charge >= 0.3 is 5.69 Å². The van der Waals surface area contributed by atoms with Crippen molar-refractivity contribution in [2.24, 2.45) is 60.7 Å². The van der Waals surface area contributed by atoms with Crippen molar-refractivity contribution < 1.29 is 0 Å². The predicted molar refractivity (Wildman–Crippen MR) is 427 cm³/mol. The van der Waals surface area contributed by atoms with Crippen LogP contribution in [-0.2, 0) is 60.7 Å². The summed E-state index contributed by atoms with van der Waals surface area (Å²) in [6.45, 7) is 90.3. The Hall–Kier alpha value is -6.25. The summed E-state index contributed by atoms with van der Waals surface area (Å²) in [6.07, 6.45) is 15.4. The van der Waals surface area contributed by atoms with Gasteiger partial charge < -0.3 is 13.7 Å². The molecule has 98 heavy (non-hydrogen) atoms. The number of hydrogen-bond acceptors (Lipinski definition) is 11. The zero-order chi connectivity index (χ0) is 79.6. The third-order valence-electron chi connectivity index (χ3n) is 9.83. The van der Waals surface area contributed by atoms with Crippen molar-refractivity contribution in [2.75, 3.05) is 0 Å². The van der Waals surface area contributed by atoms with Crippen LogP contribution in [0.25, 0.3) is 0 Å². The number of nitrogens with zero attached hydrogens (tertiary/aromatic N) is 11. The molecule has 0 aliphatic carbocycles. The first-order chi connectivity index (χ1) is 42.8. The molecule has 0 spiro atoms. The van der Waals surface area contributed by atoms with E-state index >= 15 is 0 Å². The van der Waals surface area contributed by atoms with E-state index in [1.54, 1.807) is 92.8 Å². The molecule has 0 atom stereocenters. The Bertz CT molecular complexity index is 2850. The first-order valence-electron chi connectivity index (χ1n) is 34.7. The van der Waals surface area contributed by atoms with Crippen molar-refractivity contribution in [3.63, 3.8) is 0 Å². The van der Waals surface area contributed by atoms with Gasteiger partial charge in [0.25, 0.3) is 11.1 Å². The van der Waals surface area contributed by atoms with Gasteiger partial charge in [-0.2, -0.15) is 5.10 Å². The lowest BCUT2D eigenvalue weighted by Crippen LogP contribution is -2.24. The topological polar surface area (TPSA) is 178 Å². The number of aromatic nitrogens is 11. The minimum atomic E-state index is -0.206. The zero-order valence-corrected chi connectivity index (χ0v) is 72.2. The lowest BCUT2D eigenvalue weighted by Gasteiger charge is -2.19. The largest absolute Gasteiger partial charge is 0.347 e. The van der Waals surface area contributed by atoms with Gasteiger partial charge in [-0.15, -0.1) is 0 Å². The van der Waals surface area contributed by atoms with Crippen LogP contribution in [0.1, 0.15) is 325 Å². The predicted octanol–water partition coefficient (Wildman–Crippen LogP) is 20.8.